The highest BCUT2D eigenvalue weighted by molar-refractivity contribution is 5.98. The molecule has 0 saturated heterocycles. The zero-order valence-corrected chi connectivity index (χ0v) is 9.78. The van der Waals surface area contributed by atoms with E-state index in [0.29, 0.717) is 6.54 Å². The molecule has 0 radical (unpaired) electrons. The van der Waals surface area contributed by atoms with Crippen molar-refractivity contribution in [2.75, 3.05) is 0 Å². The van der Waals surface area contributed by atoms with Crippen LogP contribution < -0.4 is 0 Å². The van der Waals surface area contributed by atoms with E-state index in [2.05, 4.69) is 5.10 Å². The molecule has 1 aliphatic rings. The maximum absolute atomic E-state index is 12.0. The fourth-order valence-corrected chi connectivity index (χ4v) is 2.01. The Kier molecular flexibility index (Phi) is 2.65. The zero-order valence-electron chi connectivity index (χ0n) is 9.78. The SMILES string of the molecule is O=C1c2ccccc2CN1/N=C/c1ccccc1. The number of fused-ring (bicyclic) bond motifs is 1. The fourth-order valence-electron chi connectivity index (χ4n) is 2.01. The van der Waals surface area contributed by atoms with E-state index in [1.54, 1.807) is 6.21 Å². The second-order valence-corrected chi connectivity index (χ2v) is 4.18. The average Bonchev–Trinajstić information content (AvgIpc) is 2.75. The molecule has 0 spiro atoms. The van der Waals surface area contributed by atoms with Gasteiger partial charge in [-0.05, 0) is 17.2 Å². The van der Waals surface area contributed by atoms with Crippen LogP contribution >= 0.6 is 0 Å². The third-order valence-corrected chi connectivity index (χ3v) is 2.95. The molecule has 0 aliphatic carbocycles. The summed E-state index contributed by atoms with van der Waals surface area (Å²) < 4.78 is 0. The summed E-state index contributed by atoms with van der Waals surface area (Å²) >= 11 is 0. The molecule has 0 N–H and O–H groups in total. The third kappa shape index (κ3) is 1.91. The van der Waals surface area contributed by atoms with Gasteiger partial charge in [0.2, 0.25) is 0 Å². The van der Waals surface area contributed by atoms with Gasteiger partial charge >= 0.3 is 0 Å². The molecule has 1 amide bonds. The molecule has 2 aromatic carbocycles. The van der Waals surface area contributed by atoms with E-state index in [4.69, 9.17) is 0 Å². The number of carbonyl (C=O) groups excluding carboxylic acids is 1. The Hall–Kier alpha value is -2.42. The highest BCUT2D eigenvalue weighted by atomic mass is 16.2. The Balaban J connectivity index is 1.81. The number of nitrogens with zero attached hydrogens (tertiary/aromatic N) is 2. The monoisotopic (exact) mass is 236 g/mol. The van der Waals surface area contributed by atoms with Gasteiger partial charge in [-0.3, -0.25) is 4.79 Å². The van der Waals surface area contributed by atoms with Crippen molar-refractivity contribution in [1.82, 2.24) is 5.01 Å². The van der Waals surface area contributed by atoms with Crippen LogP contribution in [0.2, 0.25) is 0 Å². The van der Waals surface area contributed by atoms with Crippen LogP contribution in [-0.2, 0) is 6.54 Å². The zero-order chi connectivity index (χ0) is 12.4. The summed E-state index contributed by atoms with van der Waals surface area (Å²) in [4.78, 5) is 12.0. The van der Waals surface area contributed by atoms with Crippen LogP contribution in [0.3, 0.4) is 0 Å². The summed E-state index contributed by atoms with van der Waals surface area (Å²) in [5, 5.41) is 5.75. The molecule has 3 heteroatoms. The minimum Gasteiger partial charge on any atom is -0.267 e. The highest BCUT2D eigenvalue weighted by Crippen LogP contribution is 2.22. The van der Waals surface area contributed by atoms with Crippen LogP contribution in [0, 0.1) is 0 Å². The summed E-state index contributed by atoms with van der Waals surface area (Å²) in [7, 11) is 0. The van der Waals surface area contributed by atoms with Crippen molar-refractivity contribution < 1.29 is 4.79 Å². The number of hydrogen-bond donors (Lipinski definition) is 0. The van der Waals surface area contributed by atoms with E-state index in [-0.39, 0.29) is 5.91 Å². The van der Waals surface area contributed by atoms with E-state index >= 15 is 0 Å². The Morgan fingerprint density at radius 3 is 2.50 bits per heavy atom. The molecule has 3 rings (SSSR count). The molecule has 1 heterocycles. The van der Waals surface area contributed by atoms with Crippen molar-refractivity contribution in [3.8, 4) is 0 Å². The van der Waals surface area contributed by atoms with Crippen LogP contribution in [-0.4, -0.2) is 17.1 Å². The first-order chi connectivity index (χ1) is 8.84. The highest BCUT2D eigenvalue weighted by Gasteiger charge is 2.25. The molecule has 0 unspecified atom stereocenters. The lowest BCUT2D eigenvalue weighted by Crippen LogP contribution is -2.17. The first-order valence-corrected chi connectivity index (χ1v) is 5.83. The third-order valence-electron chi connectivity index (χ3n) is 2.95. The topological polar surface area (TPSA) is 32.7 Å². The Morgan fingerprint density at radius 1 is 1.00 bits per heavy atom. The van der Waals surface area contributed by atoms with Gasteiger partial charge in [0, 0.05) is 5.56 Å². The predicted octanol–water partition coefficient (Wildman–Crippen LogP) is 2.68. The van der Waals surface area contributed by atoms with Gasteiger partial charge in [0.05, 0.1) is 12.8 Å². The smallest absolute Gasteiger partial charge is 0.267 e. The predicted molar refractivity (Wildman–Crippen MR) is 70.4 cm³/mol. The van der Waals surface area contributed by atoms with Gasteiger partial charge in [-0.15, -0.1) is 0 Å². The number of hydrogen-bond acceptors (Lipinski definition) is 2. The van der Waals surface area contributed by atoms with Crippen LogP contribution in [0.1, 0.15) is 21.5 Å². The Bertz CT molecular complexity index is 605. The number of benzene rings is 2. The molecule has 88 valence electrons. The van der Waals surface area contributed by atoms with Gasteiger partial charge in [-0.25, -0.2) is 5.01 Å². The van der Waals surface area contributed by atoms with Crippen molar-refractivity contribution in [3.63, 3.8) is 0 Å². The minimum atomic E-state index is -0.0298. The molecule has 18 heavy (non-hydrogen) atoms. The van der Waals surface area contributed by atoms with Gasteiger partial charge < -0.3 is 0 Å². The fraction of sp³-hybridized carbons (Fsp3) is 0.0667. The second-order valence-electron chi connectivity index (χ2n) is 4.18. The van der Waals surface area contributed by atoms with Gasteiger partial charge in [-0.1, -0.05) is 48.5 Å². The number of carbonyl (C=O) groups is 1. The molecule has 2 aromatic rings. The van der Waals surface area contributed by atoms with E-state index < -0.39 is 0 Å². The largest absolute Gasteiger partial charge is 0.274 e. The lowest BCUT2D eigenvalue weighted by molar-refractivity contribution is 0.0784. The van der Waals surface area contributed by atoms with Crippen molar-refractivity contribution in [1.29, 1.82) is 0 Å². The quantitative estimate of drug-likeness (QED) is 0.738. The average molecular weight is 236 g/mol. The van der Waals surface area contributed by atoms with Crippen molar-refractivity contribution >= 4 is 12.1 Å². The molecule has 3 nitrogen and oxygen atoms in total. The molecule has 0 saturated carbocycles. The minimum absolute atomic E-state index is 0.0298. The second kappa shape index (κ2) is 4.45. The Labute approximate surface area is 105 Å². The van der Waals surface area contributed by atoms with Crippen molar-refractivity contribution in [2.45, 2.75) is 6.54 Å². The van der Waals surface area contributed by atoms with E-state index in [0.717, 1.165) is 16.7 Å². The summed E-state index contributed by atoms with van der Waals surface area (Å²) in [6.07, 6.45) is 1.71. The molecular weight excluding hydrogens is 224 g/mol. The van der Waals surface area contributed by atoms with Crippen LogP contribution in [0.4, 0.5) is 0 Å². The van der Waals surface area contributed by atoms with E-state index in [1.165, 1.54) is 5.01 Å². The Morgan fingerprint density at radius 2 is 1.72 bits per heavy atom. The number of rotatable bonds is 2. The van der Waals surface area contributed by atoms with E-state index in [1.807, 2.05) is 54.6 Å². The van der Waals surface area contributed by atoms with Gasteiger partial charge in [0.1, 0.15) is 0 Å². The van der Waals surface area contributed by atoms with Gasteiger partial charge in [0.25, 0.3) is 5.91 Å². The van der Waals surface area contributed by atoms with Gasteiger partial charge in [0.15, 0.2) is 0 Å². The maximum atomic E-state index is 12.0. The standard InChI is InChI=1S/C15H12N2O/c18-15-14-9-5-4-8-13(14)11-17(15)16-10-12-6-2-1-3-7-12/h1-10H,11H2/b16-10+. The lowest BCUT2D eigenvalue weighted by Gasteiger charge is -2.07. The van der Waals surface area contributed by atoms with Crippen LogP contribution in [0.25, 0.3) is 0 Å². The molecule has 1 aliphatic heterocycles. The van der Waals surface area contributed by atoms with Gasteiger partial charge in [-0.2, -0.15) is 5.10 Å². The molecular formula is C15H12N2O. The van der Waals surface area contributed by atoms with Crippen LogP contribution in [0.15, 0.2) is 59.7 Å². The van der Waals surface area contributed by atoms with Crippen molar-refractivity contribution in [2.24, 2.45) is 5.10 Å². The van der Waals surface area contributed by atoms with Crippen molar-refractivity contribution in [3.05, 3.63) is 71.3 Å². The number of hydrazone groups is 1. The first-order valence-electron chi connectivity index (χ1n) is 5.83. The summed E-state index contributed by atoms with van der Waals surface area (Å²) in [6, 6.07) is 17.4. The molecule has 0 atom stereocenters. The molecule has 0 bridgehead atoms. The maximum Gasteiger partial charge on any atom is 0.274 e. The summed E-state index contributed by atoms with van der Waals surface area (Å²) in [5.74, 6) is -0.0298. The summed E-state index contributed by atoms with van der Waals surface area (Å²) in [5.41, 5.74) is 2.77. The van der Waals surface area contributed by atoms with E-state index in [9.17, 15) is 4.79 Å². The normalized spacial score (nSPS) is 14.2. The first kappa shape index (κ1) is 10.7. The number of amides is 1. The summed E-state index contributed by atoms with van der Waals surface area (Å²) in [6.45, 7) is 0.554. The lowest BCUT2D eigenvalue weighted by atomic mass is 10.1. The molecule has 0 fully saturated rings. The van der Waals surface area contributed by atoms with Crippen LogP contribution in [0.5, 0.6) is 0 Å². The molecule has 0 aromatic heterocycles.